The molecule has 1 aliphatic heterocycles. The molecular formula is C17H21N3O. The van der Waals surface area contributed by atoms with Crippen LogP contribution in [0.2, 0.25) is 0 Å². The Morgan fingerprint density at radius 2 is 1.71 bits per heavy atom. The van der Waals surface area contributed by atoms with Crippen molar-refractivity contribution in [2.45, 2.75) is 6.42 Å². The summed E-state index contributed by atoms with van der Waals surface area (Å²) < 4.78 is 0. The van der Waals surface area contributed by atoms with Crippen molar-refractivity contribution in [3.05, 3.63) is 42.5 Å². The van der Waals surface area contributed by atoms with Crippen molar-refractivity contribution in [2.24, 2.45) is 5.73 Å². The van der Waals surface area contributed by atoms with Gasteiger partial charge in [0.1, 0.15) is 0 Å². The fraction of sp³-hybridized carbons (Fsp3) is 0.353. The molecule has 0 unspecified atom stereocenters. The van der Waals surface area contributed by atoms with Crippen molar-refractivity contribution in [2.75, 3.05) is 37.6 Å². The molecular weight excluding hydrogens is 262 g/mol. The Balaban J connectivity index is 1.69. The van der Waals surface area contributed by atoms with Gasteiger partial charge in [-0.1, -0.05) is 30.3 Å². The van der Waals surface area contributed by atoms with E-state index in [1.54, 1.807) is 0 Å². The molecule has 1 saturated heterocycles. The topological polar surface area (TPSA) is 49.6 Å². The smallest absolute Gasteiger partial charge is 0.223 e. The highest BCUT2D eigenvalue weighted by atomic mass is 16.2. The number of carbonyl (C=O) groups is 1. The third kappa shape index (κ3) is 3.00. The van der Waals surface area contributed by atoms with E-state index in [2.05, 4.69) is 47.4 Å². The van der Waals surface area contributed by atoms with Gasteiger partial charge in [0.05, 0.1) is 0 Å². The Bertz CT molecular complexity index is 633. The van der Waals surface area contributed by atoms with Crippen LogP contribution in [0.4, 0.5) is 5.69 Å². The number of benzene rings is 2. The zero-order valence-corrected chi connectivity index (χ0v) is 12.2. The maximum atomic E-state index is 11.8. The number of fused-ring (bicyclic) bond motifs is 1. The number of anilines is 1. The minimum Gasteiger partial charge on any atom is -0.368 e. The Morgan fingerprint density at radius 3 is 2.43 bits per heavy atom. The van der Waals surface area contributed by atoms with Crippen molar-refractivity contribution in [3.8, 4) is 0 Å². The largest absolute Gasteiger partial charge is 0.368 e. The maximum Gasteiger partial charge on any atom is 0.223 e. The molecule has 2 N–H and O–H groups in total. The first-order chi connectivity index (χ1) is 10.3. The summed E-state index contributed by atoms with van der Waals surface area (Å²) in [6.45, 7) is 3.77. The van der Waals surface area contributed by atoms with Crippen molar-refractivity contribution >= 4 is 22.4 Å². The van der Waals surface area contributed by atoms with Crippen LogP contribution in [0.5, 0.6) is 0 Å². The van der Waals surface area contributed by atoms with E-state index in [0.29, 0.717) is 13.0 Å². The summed E-state index contributed by atoms with van der Waals surface area (Å²) in [5, 5.41) is 2.52. The van der Waals surface area contributed by atoms with E-state index in [-0.39, 0.29) is 5.91 Å². The Labute approximate surface area is 125 Å². The molecule has 0 bridgehead atoms. The molecule has 2 aromatic carbocycles. The predicted octanol–water partition coefficient (Wildman–Crippen LogP) is 1.84. The second-order valence-electron chi connectivity index (χ2n) is 5.44. The standard InChI is InChI=1S/C17H21N3O/c18-8-7-17(21)20-11-9-19(10-12-20)16-6-5-14-3-1-2-4-15(14)13-16/h1-6,13H,7-12,18H2. The highest BCUT2D eigenvalue weighted by molar-refractivity contribution is 5.86. The monoisotopic (exact) mass is 283 g/mol. The third-order valence-corrected chi connectivity index (χ3v) is 4.09. The highest BCUT2D eigenvalue weighted by Gasteiger charge is 2.20. The van der Waals surface area contributed by atoms with Gasteiger partial charge in [0, 0.05) is 44.8 Å². The zero-order chi connectivity index (χ0) is 14.7. The van der Waals surface area contributed by atoms with Crippen LogP contribution in [0.15, 0.2) is 42.5 Å². The SMILES string of the molecule is NCCC(=O)N1CCN(c2ccc3ccccc3c2)CC1. The van der Waals surface area contributed by atoms with E-state index >= 15 is 0 Å². The number of amides is 1. The van der Waals surface area contributed by atoms with Gasteiger partial charge in [0.2, 0.25) is 5.91 Å². The number of nitrogens with zero attached hydrogens (tertiary/aromatic N) is 2. The normalized spacial score (nSPS) is 15.5. The van der Waals surface area contributed by atoms with Gasteiger partial charge < -0.3 is 15.5 Å². The molecule has 1 aliphatic rings. The molecule has 0 atom stereocenters. The third-order valence-electron chi connectivity index (χ3n) is 4.09. The van der Waals surface area contributed by atoms with E-state index in [0.717, 1.165) is 26.2 Å². The Kier molecular flexibility index (Phi) is 4.06. The second kappa shape index (κ2) is 6.14. The lowest BCUT2D eigenvalue weighted by atomic mass is 10.1. The minimum atomic E-state index is 0.177. The quantitative estimate of drug-likeness (QED) is 0.935. The van der Waals surface area contributed by atoms with Crippen LogP contribution in [0.25, 0.3) is 10.8 Å². The van der Waals surface area contributed by atoms with Crippen molar-refractivity contribution in [1.82, 2.24) is 4.90 Å². The van der Waals surface area contributed by atoms with E-state index in [4.69, 9.17) is 5.73 Å². The number of rotatable bonds is 3. The fourth-order valence-corrected chi connectivity index (χ4v) is 2.87. The molecule has 4 nitrogen and oxygen atoms in total. The van der Waals surface area contributed by atoms with E-state index in [9.17, 15) is 4.79 Å². The molecule has 4 heteroatoms. The van der Waals surface area contributed by atoms with Gasteiger partial charge in [0.15, 0.2) is 0 Å². The van der Waals surface area contributed by atoms with Crippen LogP contribution in [-0.4, -0.2) is 43.5 Å². The van der Waals surface area contributed by atoms with Crippen LogP contribution in [0, 0.1) is 0 Å². The number of piperazine rings is 1. The van der Waals surface area contributed by atoms with Crippen LogP contribution in [-0.2, 0) is 4.79 Å². The molecule has 1 heterocycles. The zero-order valence-electron chi connectivity index (χ0n) is 12.2. The van der Waals surface area contributed by atoms with Gasteiger partial charge in [-0.3, -0.25) is 4.79 Å². The first kappa shape index (κ1) is 13.9. The molecule has 110 valence electrons. The van der Waals surface area contributed by atoms with Crippen LogP contribution in [0.3, 0.4) is 0 Å². The van der Waals surface area contributed by atoms with Gasteiger partial charge in [-0.15, -0.1) is 0 Å². The molecule has 0 spiro atoms. The second-order valence-corrected chi connectivity index (χ2v) is 5.44. The highest BCUT2D eigenvalue weighted by Crippen LogP contribution is 2.23. The predicted molar refractivity (Wildman–Crippen MR) is 86.4 cm³/mol. The average Bonchev–Trinajstić information content (AvgIpc) is 2.55. The van der Waals surface area contributed by atoms with Crippen molar-refractivity contribution in [1.29, 1.82) is 0 Å². The molecule has 1 fully saturated rings. The van der Waals surface area contributed by atoms with Gasteiger partial charge >= 0.3 is 0 Å². The number of nitrogens with two attached hydrogens (primary N) is 1. The van der Waals surface area contributed by atoms with Crippen LogP contribution in [0.1, 0.15) is 6.42 Å². The summed E-state index contributed by atoms with van der Waals surface area (Å²) in [7, 11) is 0. The van der Waals surface area contributed by atoms with Crippen LogP contribution >= 0.6 is 0 Å². The van der Waals surface area contributed by atoms with Crippen molar-refractivity contribution in [3.63, 3.8) is 0 Å². The number of hydrogen-bond acceptors (Lipinski definition) is 3. The molecule has 1 amide bonds. The Hall–Kier alpha value is -2.07. The van der Waals surface area contributed by atoms with Gasteiger partial charge in [0.25, 0.3) is 0 Å². The molecule has 21 heavy (non-hydrogen) atoms. The lowest BCUT2D eigenvalue weighted by Crippen LogP contribution is -2.49. The fourth-order valence-electron chi connectivity index (χ4n) is 2.87. The van der Waals surface area contributed by atoms with Gasteiger partial charge in [-0.05, 0) is 22.9 Å². The first-order valence-electron chi connectivity index (χ1n) is 7.49. The number of hydrogen-bond donors (Lipinski definition) is 1. The average molecular weight is 283 g/mol. The molecule has 0 radical (unpaired) electrons. The lowest BCUT2D eigenvalue weighted by Gasteiger charge is -2.36. The minimum absolute atomic E-state index is 0.177. The summed E-state index contributed by atoms with van der Waals surface area (Å²) in [5.41, 5.74) is 6.69. The van der Waals surface area contributed by atoms with E-state index < -0.39 is 0 Å². The lowest BCUT2D eigenvalue weighted by molar-refractivity contribution is -0.131. The molecule has 0 saturated carbocycles. The molecule has 2 aromatic rings. The summed E-state index contributed by atoms with van der Waals surface area (Å²) in [4.78, 5) is 16.1. The summed E-state index contributed by atoms with van der Waals surface area (Å²) in [5.74, 6) is 0.177. The molecule has 3 rings (SSSR count). The first-order valence-corrected chi connectivity index (χ1v) is 7.49. The van der Waals surface area contributed by atoms with Crippen LogP contribution < -0.4 is 10.6 Å². The maximum absolute atomic E-state index is 11.8. The summed E-state index contributed by atoms with van der Waals surface area (Å²) in [6.07, 6.45) is 0.454. The van der Waals surface area contributed by atoms with E-state index in [1.165, 1.54) is 16.5 Å². The van der Waals surface area contributed by atoms with E-state index in [1.807, 2.05) is 4.90 Å². The molecule has 0 aromatic heterocycles. The van der Waals surface area contributed by atoms with Gasteiger partial charge in [-0.25, -0.2) is 0 Å². The summed E-state index contributed by atoms with van der Waals surface area (Å²) in [6, 6.07) is 14.9. The van der Waals surface area contributed by atoms with Crippen molar-refractivity contribution < 1.29 is 4.79 Å². The number of carbonyl (C=O) groups excluding carboxylic acids is 1. The summed E-state index contributed by atoms with van der Waals surface area (Å²) >= 11 is 0. The van der Waals surface area contributed by atoms with Gasteiger partial charge in [-0.2, -0.15) is 0 Å². The molecule has 0 aliphatic carbocycles. The Morgan fingerprint density at radius 1 is 1.00 bits per heavy atom.